The third-order valence-corrected chi connectivity index (χ3v) is 4.07. The maximum absolute atomic E-state index is 5.94. The minimum absolute atomic E-state index is 0.722. The summed E-state index contributed by atoms with van der Waals surface area (Å²) in [6.45, 7) is 0.722. The topological polar surface area (TPSA) is 38.1 Å². The molecule has 0 aliphatic carbocycles. The van der Waals surface area contributed by atoms with Gasteiger partial charge in [0, 0.05) is 27.3 Å². The predicted molar refractivity (Wildman–Crippen MR) is 88.4 cm³/mol. The van der Waals surface area contributed by atoms with E-state index in [1.165, 1.54) is 6.39 Å². The van der Waals surface area contributed by atoms with Crippen molar-refractivity contribution in [2.24, 2.45) is 0 Å². The van der Waals surface area contributed by atoms with Crippen LogP contribution in [-0.2, 0) is 6.54 Å². The van der Waals surface area contributed by atoms with Crippen molar-refractivity contribution in [1.82, 2.24) is 4.98 Å². The molecule has 0 saturated heterocycles. The van der Waals surface area contributed by atoms with Gasteiger partial charge in [0.05, 0.1) is 6.20 Å². The fourth-order valence-corrected chi connectivity index (χ4v) is 2.80. The molecule has 3 nitrogen and oxygen atoms in total. The summed E-state index contributed by atoms with van der Waals surface area (Å²) in [5.41, 5.74) is 3.20. The quantitative estimate of drug-likeness (QED) is 0.677. The van der Waals surface area contributed by atoms with Crippen molar-refractivity contribution >= 4 is 33.2 Å². The van der Waals surface area contributed by atoms with Crippen molar-refractivity contribution in [3.63, 3.8) is 0 Å². The van der Waals surface area contributed by atoms with Gasteiger partial charge < -0.3 is 9.73 Å². The molecule has 5 heteroatoms. The first kappa shape index (κ1) is 14.2. The molecular formula is C16H12BrClN2O. The largest absolute Gasteiger partial charge is 0.444 e. The summed E-state index contributed by atoms with van der Waals surface area (Å²) in [5.74, 6) is 0.766. The molecule has 1 aromatic heterocycles. The van der Waals surface area contributed by atoms with Crippen molar-refractivity contribution in [2.75, 3.05) is 5.32 Å². The summed E-state index contributed by atoms with van der Waals surface area (Å²) in [6.07, 6.45) is 3.13. The van der Waals surface area contributed by atoms with E-state index in [9.17, 15) is 0 Å². The van der Waals surface area contributed by atoms with Gasteiger partial charge in [0.25, 0.3) is 0 Å². The zero-order chi connectivity index (χ0) is 14.7. The van der Waals surface area contributed by atoms with Crippen molar-refractivity contribution in [3.8, 4) is 11.3 Å². The van der Waals surface area contributed by atoms with E-state index >= 15 is 0 Å². The van der Waals surface area contributed by atoms with Crippen LogP contribution in [0.15, 0.2) is 63.9 Å². The molecule has 3 rings (SSSR count). The number of rotatable bonds is 4. The molecular weight excluding hydrogens is 352 g/mol. The van der Waals surface area contributed by atoms with Gasteiger partial charge >= 0.3 is 0 Å². The Morgan fingerprint density at radius 3 is 2.62 bits per heavy atom. The molecule has 0 aliphatic heterocycles. The highest BCUT2D eigenvalue weighted by Crippen LogP contribution is 2.24. The molecule has 0 aliphatic rings. The first-order valence-electron chi connectivity index (χ1n) is 6.39. The maximum Gasteiger partial charge on any atom is 0.181 e. The summed E-state index contributed by atoms with van der Waals surface area (Å²) in [4.78, 5) is 3.92. The van der Waals surface area contributed by atoms with Gasteiger partial charge in [-0.25, -0.2) is 4.98 Å². The van der Waals surface area contributed by atoms with Crippen molar-refractivity contribution in [2.45, 2.75) is 6.54 Å². The van der Waals surface area contributed by atoms with Crippen LogP contribution in [0.4, 0.5) is 5.69 Å². The molecule has 3 aromatic rings. The number of hydrogen-bond acceptors (Lipinski definition) is 3. The van der Waals surface area contributed by atoms with E-state index in [0.29, 0.717) is 0 Å². The molecule has 0 amide bonds. The Bertz CT molecular complexity index is 727. The number of aromatic nitrogens is 1. The van der Waals surface area contributed by atoms with E-state index in [0.717, 1.165) is 38.6 Å². The highest BCUT2D eigenvalue weighted by molar-refractivity contribution is 9.10. The van der Waals surface area contributed by atoms with E-state index in [4.69, 9.17) is 16.0 Å². The molecule has 0 unspecified atom stereocenters. The van der Waals surface area contributed by atoms with Gasteiger partial charge in [0.2, 0.25) is 0 Å². The predicted octanol–water partition coefficient (Wildman–Crippen LogP) is 5.37. The van der Waals surface area contributed by atoms with Crippen molar-refractivity contribution in [3.05, 3.63) is 70.1 Å². The van der Waals surface area contributed by atoms with Crippen LogP contribution >= 0.6 is 27.5 Å². The van der Waals surface area contributed by atoms with Crippen molar-refractivity contribution < 1.29 is 4.42 Å². The molecule has 0 bridgehead atoms. The number of anilines is 1. The van der Waals surface area contributed by atoms with E-state index in [1.807, 2.05) is 42.5 Å². The Morgan fingerprint density at radius 2 is 1.95 bits per heavy atom. The van der Waals surface area contributed by atoms with Crippen LogP contribution in [0, 0.1) is 0 Å². The summed E-state index contributed by atoms with van der Waals surface area (Å²) >= 11 is 9.45. The second-order valence-electron chi connectivity index (χ2n) is 4.53. The SMILES string of the molecule is Clc1ccc(CNc2ccc(-c3cnco3)cc2)c(Br)c1. The Balaban J connectivity index is 1.68. The summed E-state index contributed by atoms with van der Waals surface area (Å²) in [7, 11) is 0. The van der Waals surface area contributed by atoms with E-state index in [2.05, 4.69) is 26.2 Å². The third-order valence-electron chi connectivity index (χ3n) is 3.10. The highest BCUT2D eigenvalue weighted by atomic mass is 79.9. The second kappa shape index (κ2) is 6.33. The Labute approximate surface area is 136 Å². The number of nitrogens with one attached hydrogen (secondary N) is 1. The molecule has 0 radical (unpaired) electrons. The lowest BCUT2D eigenvalue weighted by atomic mass is 10.1. The van der Waals surface area contributed by atoms with Gasteiger partial charge in [-0.3, -0.25) is 0 Å². The summed E-state index contributed by atoms with van der Waals surface area (Å²) < 4.78 is 6.27. The molecule has 106 valence electrons. The van der Waals surface area contributed by atoms with Gasteiger partial charge in [-0.15, -0.1) is 0 Å². The Hall–Kier alpha value is -1.78. The zero-order valence-corrected chi connectivity index (χ0v) is 13.4. The molecule has 0 fully saturated rings. The monoisotopic (exact) mass is 362 g/mol. The number of hydrogen-bond donors (Lipinski definition) is 1. The third kappa shape index (κ3) is 3.46. The first-order chi connectivity index (χ1) is 10.2. The minimum Gasteiger partial charge on any atom is -0.444 e. The first-order valence-corrected chi connectivity index (χ1v) is 7.56. The Kier molecular flexibility index (Phi) is 4.27. The number of oxazole rings is 1. The lowest BCUT2D eigenvalue weighted by molar-refractivity contribution is 0.572. The normalized spacial score (nSPS) is 10.6. The van der Waals surface area contributed by atoms with Gasteiger partial charge in [-0.2, -0.15) is 0 Å². The van der Waals surface area contributed by atoms with Gasteiger partial charge in [-0.1, -0.05) is 33.6 Å². The van der Waals surface area contributed by atoms with E-state index in [-0.39, 0.29) is 0 Å². The van der Waals surface area contributed by atoms with Crippen LogP contribution in [0.1, 0.15) is 5.56 Å². The molecule has 0 saturated carbocycles. The Morgan fingerprint density at radius 1 is 1.14 bits per heavy atom. The smallest absolute Gasteiger partial charge is 0.181 e. The van der Waals surface area contributed by atoms with Crippen molar-refractivity contribution in [1.29, 1.82) is 0 Å². The van der Waals surface area contributed by atoms with Gasteiger partial charge in [0.1, 0.15) is 0 Å². The fourth-order valence-electron chi connectivity index (χ4n) is 1.97. The minimum atomic E-state index is 0.722. The van der Waals surface area contributed by atoms with Crippen LogP contribution in [0.2, 0.25) is 5.02 Å². The standard InChI is InChI=1S/C16H12BrClN2O/c17-15-7-13(18)4-1-12(15)8-20-14-5-2-11(3-6-14)16-9-19-10-21-16/h1-7,9-10,20H,8H2. The average Bonchev–Trinajstić information content (AvgIpc) is 3.01. The second-order valence-corrected chi connectivity index (χ2v) is 5.82. The van der Waals surface area contributed by atoms with Crippen LogP contribution in [-0.4, -0.2) is 4.98 Å². The fraction of sp³-hybridized carbons (Fsp3) is 0.0625. The molecule has 2 aromatic carbocycles. The van der Waals surface area contributed by atoms with Gasteiger partial charge in [-0.05, 0) is 42.0 Å². The van der Waals surface area contributed by atoms with Crippen LogP contribution < -0.4 is 5.32 Å². The van der Waals surface area contributed by atoms with E-state index in [1.54, 1.807) is 6.20 Å². The van der Waals surface area contributed by atoms with Gasteiger partial charge in [0.15, 0.2) is 12.2 Å². The highest BCUT2D eigenvalue weighted by Gasteiger charge is 2.03. The molecule has 1 N–H and O–H groups in total. The lowest BCUT2D eigenvalue weighted by Crippen LogP contribution is -1.99. The molecule has 21 heavy (non-hydrogen) atoms. The molecule has 0 spiro atoms. The molecule has 0 atom stereocenters. The zero-order valence-electron chi connectivity index (χ0n) is 11.0. The summed E-state index contributed by atoms with van der Waals surface area (Å²) in [6, 6.07) is 13.8. The molecule has 1 heterocycles. The number of halogens is 2. The number of nitrogens with zero attached hydrogens (tertiary/aromatic N) is 1. The summed E-state index contributed by atoms with van der Waals surface area (Å²) in [5, 5.41) is 4.10. The van der Waals surface area contributed by atoms with E-state index < -0.39 is 0 Å². The van der Waals surface area contributed by atoms with Crippen LogP contribution in [0.5, 0.6) is 0 Å². The maximum atomic E-state index is 5.94. The van der Waals surface area contributed by atoms with Crippen LogP contribution in [0.3, 0.4) is 0 Å². The number of benzene rings is 2. The van der Waals surface area contributed by atoms with Crippen LogP contribution in [0.25, 0.3) is 11.3 Å². The lowest BCUT2D eigenvalue weighted by Gasteiger charge is -2.09. The average molecular weight is 364 g/mol.